The molecular weight excluding hydrogens is 384 g/mol. The maximum absolute atomic E-state index is 10.7. The van der Waals surface area contributed by atoms with Gasteiger partial charge in [0.2, 0.25) is 0 Å². The number of aromatic amines is 1. The lowest BCUT2D eigenvalue weighted by atomic mass is 10.0. The molecule has 2 aromatic heterocycles. The first-order valence-corrected chi connectivity index (χ1v) is 10.5. The standard InChI is InChI=1S/C23H21ClN4O/c24-13-5-6-17-16(11-13)21(23(29)27-17)22-15-4-2-1-3-14(15)20(12-26-22)28-10-8-18-19(28)7-9-25-18/h1-6,11-12,18-19,25,27,29H,7-10H2. The molecule has 2 aliphatic rings. The SMILES string of the molecule is Oc1[nH]c2ccc(Cl)cc2c1-c1ncc(N2CCC3NCCC32)c2ccccc12. The predicted molar refractivity (Wildman–Crippen MR) is 118 cm³/mol. The lowest BCUT2D eigenvalue weighted by molar-refractivity contribution is 0.460. The van der Waals surface area contributed by atoms with Crippen molar-refractivity contribution in [2.24, 2.45) is 0 Å². The van der Waals surface area contributed by atoms with Crippen molar-refractivity contribution in [2.45, 2.75) is 24.9 Å². The van der Waals surface area contributed by atoms with Crippen molar-refractivity contribution < 1.29 is 5.11 Å². The second kappa shape index (κ2) is 6.37. The van der Waals surface area contributed by atoms with Crippen molar-refractivity contribution in [1.82, 2.24) is 15.3 Å². The zero-order valence-electron chi connectivity index (χ0n) is 15.8. The van der Waals surface area contributed by atoms with E-state index in [-0.39, 0.29) is 5.88 Å². The molecule has 4 heterocycles. The number of halogens is 1. The number of aromatic hydroxyl groups is 1. The number of nitrogens with one attached hydrogen (secondary N) is 2. The minimum absolute atomic E-state index is 0.119. The fourth-order valence-corrected chi connectivity index (χ4v) is 5.33. The molecule has 2 aromatic carbocycles. The molecule has 2 saturated heterocycles. The first-order chi connectivity index (χ1) is 14.2. The predicted octanol–water partition coefficient (Wildman–Crippen LogP) is 4.68. The third-order valence-corrected chi connectivity index (χ3v) is 6.69. The zero-order chi connectivity index (χ0) is 19.5. The van der Waals surface area contributed by atoms with E-state index in [0.29, 0.717) is 22.7 Å². The van der Waals surface area contributed by atoms with Gasteiger partial charge in [0.05, 0.1) is 23.1 Å². The highest BCUT2D eigenvalue weighted by atomic mass is 35.5. The van der Waals surface area contributed by atoms with Crippen LogP contribution in [-0.2, 0) is 0 Å². The Balaban J connectivity index is 1.57. The summed E-state index contributed by atoms with van der Waals surface area (Å²) in [5.74, 6) is 0.119. The molecule has 2 atom stereocenters. The van der Waals surface area contributed by atoms with Gasteiger partial charge in [-0.15, -0.1) is 0 Å². The largest absolute Gasteiger partial charge is 0.494 e. The molecule has 0 saturated carbocycles. The number of hydrogen-bond donors (Lipinski definition) is 3. The summed E-state index contributed by atoms with van der Waals surface area (Å²) < 4.78 is 0. The minimum atomic E-state index is 0.119. The van der Waals surface area contributed by atoms with Crippen molar-refractivity contribution >= 4 is 39.0 Å². The Bertz CT molecular complexity index is 1250. The van der Waals surface area contributed by atoms with Crippen LogP contribution in [0, 0.1) is 0 Å². The first kappa shape index (κ1) is 17.1. The van der Waals surface area contributed by atoms with Crippen molar-refractivity contribution in [2.75, 3.05) is 18.0 Å². The highest BCUT2D eigenvalue weighted by Gasteiger charge is 2.38. The Hall–Kier alpha value is -2.76. The van der Waals surface area contributed by atoms with Gasteiger partial charge in [-0.25, -0.2) is 0 Å². The molecule has 2 aliphatic heterocycles. The Morgan fingerprint density at radius 2 is 1.93 bits per heavy atom. The third-order valence-electron chi connectivity index (χ3n) is 6.45. The third kappa shape index (κ3) is 2.54. The highest BCUT2D eigenvalue weighted by Crippen LogP contribution is 2.42. The van der Waals surface area contributed by atoms with Crippen molar-refractivity contribution in [3.63, 3.8) is 0 Å². The maximum atomic E-state index is 10.7. The molecule has 0 amide bonds. The number of nitrogens with zero attached hydrogens (tertiary/aromatic N) is 2. The average molecular weight is 405 g/mol. The molecule has 3 N–H and O–H groups in total. The van der Waals surface area contributed by atoms with Gasteiger partial charge in [0.15, 0.2) is 5.88 Å². The Morgan fingerprint density at radius 1 is 1.07 bits per heavy atom. The van der Waals surface area contributed by atoms with E-state index in [2.05, 4.69) is 33.4 Å². The lowest BCUT2D eigenvalue weighted by Crippen LogP contribution is -2.34. The van der Waals surface area contributed by atoms with Crippen LogP contribution in [0.3, 0.4) is 0 Å². The van der Waals surface area contributed by atoms with E-state index in [0.717, 1.165) is 35.1 Å². The minimum Gasteiger partial charge on any atom is -0.494 e. The molecule has 2 unspecified atom stereocenters. The van der Waals surface area contributed by atoms with Gasteiger partial charge in [0.1, 0.15) is 0 Å². The van der Waals surface area contributed by atoms with Crippen LogP contribution in [0.25, 0.3) is 32.9 Å². The molecule has 0 aliphatic carbocycles. The summed E-state index contributed by atoms with van der Waals surface area (Å²) in [7, 11) is 0. The second-order valence-corrected chi connectivity index (χ2v) is 8.41. The van der Waals surface area contributed by atoms with E-state index in [1.807, 2.05) is 30.5 Å². The normalized spacial score (nSPS) is 21.3. The monoisotopic (exact) mass is 404 g/mol. The summed E-state index contributed by atoms with van der Waals surface area (Å²) in [6, 6.07) is 15.0. The van der Waals surface area contributed by atoms with Crippen LogP contribution >= 0.6 is 11.6 Å². The van der Waals surface area contributed by atoms with Crippen LogP contribution in [0.5, 0.6) is 5.88 Å². The molecule has 6 heteroatoms. The summed E-state index contributed by atoms with van der Waals surface area (Å²) in [4.78, 5) is 10.4. The number of fused-ring (bicyclic) bond motifs is 3. The molecule has 5 nitrogen and oxygen atoms in total. The lowest BCUT2D eigenvalue weighted by Gasteiger charge is -2.27. The number of H-pyrrole nitrogens is 1. The second-order valence-electron chi connectivity index (χ2n) is 7.97. The maximum Gasteiger partial charge on any atom is 0.199 e. The van der Waals surface area contributed by atoms with Crippen LogP contribution in [0.15, 0.2) is 48.7 Å². The van der Waals surface area contributed by atoms with Crippen LogP contribution in [0.4, 0.5) is 5.69 Å². The molecule has 0 bridgehead atoms. The summed E-state index contributed by atoms with van der Waals surface area (Å²) in [5.41, 5.74) is 3.50. The molecule has 2 fully saturated rings. The molecule has 29 heavy (non-hydrogen) atoms. The van der Waals surface area contributed by atoms with Crippen LogP contribution in [0.2, 0.25) is 5.02 Å². The molecule has 4 aromatic rings. The van der Waals surface area contributed by atoms with E-state index < -0.39 is 0 Å². The Kier molecular flexibility index (Phi) is 3.76. The topological polar surface area (TPSA) is 64.2 Å². The highest BCUT2D eigenvalue weighted by molar-refractivity contribution is 6.31. The number of hydrogen-bond acceptors (Lipinski definition) is 4. The average Bonchev–Trinajstić information content (AvgIpc) is 3.41. The Morgan fingerprint density at radius 3 is 2.83 bits per heavy atom. The first-order valence-electron chi connectivity index (χ1n) is 10.1. The van der Waals surface area contributed by atoms with E-state index in [1.165, 1.54) is 23.9 Å². The number of benzene rings is 2. The molecule has 146 valence electrons. The van der Waals surface area contributed by atoms with E-state index in [1.54, 1.807) is 0 Å². The van der Waals surface area contributed by atoms with Crippen LogP contribution < -0.4 is 10.2 Å². The van der Waals surface area contributed by atoms with Crippen molar-refractivity contribution in [3.05, 3.63) is 53.7 Å². The van der Waals surface area contributed by atoms with Gasteiger partial charge in [-0.1, -0.05) is 35.9 Å². The van der Waals surface area contributed by atoms with Crippen molar-refractivity contribution in [3.8, 4) is 17.1 Å². The summed E-state index contributed by atoms with van der Waals surface area (Å²) in [6.45, 7) is 2.13. The summed E-state index contributed by atoms with van der Waals surface area (Å²) in [6.07, 6.45) is 4.31. The quantitative estimate of drug-likeness (QED) is 0.453. The van der Waals surface area contributed by atoms with Crippen LogP contribution in [0.1, 0.15) is 12.8 Å². The van der Waals surface area contributed by atoms with Gasteiger partial charge in [0, 0.05) is 45.3 Å². The van der Waals surface area contributed by atoms with Gasteiger partial charge in [0.25, 0.3) is 0 Å². The molecule has 6 rings (SSSR count). The van der Waals surface area contributed by atoms with Gasteiger partial charge in [-0.3, -0.25) is 4.98 Å². The Labute approximate surface area is 173 Å². The van der Waals surface area contributed by atoms with E-state index >= 15 is 0 Å². The smallest absolute Gasteiger partial charge is 0.199 e. The number of anilines is 1. The molecular formula is C23H21ClN4O. The molecule has 0 radical (unpaired) electrons. The zero-order valence-corrected chi connectivity index (χ0v) is 16.6. The molecule has 0 spiro atoms. The van der Waals surface area contributed by atoms with Gasteiger partial charge in [-0.05, 0) is 37.6 Å². The summed E-state index contributed by atoms with van der Waals surface area (Å²) in [5, 5.41) is 18.0. The van der Waals surface area contributed by atoms with Gasteiger partial charge in [-0.2, -0.15) is 0 Å². The van der Waals surface area contributed by atoms with E-state index in [4.69, 9.17) is 16.6 Å². The summed E-state index contributed by atoms with van der Waals surface area (Å²) >= 11 is 6.24. The van der Waals surface area contributed by atoms with Crippen molar-refractivity contribution in [1.29, 1.82) is 0 Å². The fraction of sp³-hybridized carbons (Fsp3) is 0.261. The number of rotatable bonds is 2. The van der Waals surface area contributed by atoms with Gasteiger partial charge >= 0.3 is 0 Å². The van der Waals surface area contributed by atoms with E-state index in [9.17, 15) is 5.11 Å². The van der Waals surface area contributed by atoms with Gasteiger partial charge < -0.3 is 20.3 Å². The number of pyridine rings is 1. The fourth-order valence-electron chi connectivity index (χ4n) is 5.16. The number of aromatic nitrogens is 2. The van der Waals surface area contributed by atoms with Crippen LogP contribution in [-0.4, -0.2) is 40.2 Å².